The fraction of sp³-hybridized carbons (Fsp3) is 0.304. The summed E-state index contributed by atoms with van der Waals surface area (Å²) in [5, 5.41) is 4.07. The molecule has 2 aromatic carbocycles. The number of aromatic nitrogens is 4. The van der Waals surface area contributed by atoms with Crippen molar-refractivity contribution in [2.75, 3.05) is 14.2 Å². The van der Waals surface area contributed by atoms with Gasteiger partial charge in [-0.15, -0.1) is 0 Å². The maximum Gasteiger partial charge on any atom is 0.316 e. The molecule has 0 amide bonds. The van der Waals surface area contributed by atoms with Crippen molar-refractivity contribution in [3.63, 3.8) is 0 Å². The van der Waals surface area contributed by atoms with Gasteiger partial charge in [-0.25, -0.2) is 0 Å². The summed E-state index contributed by atoms with van der Waals surface area (Å²) in [4.78, 5) is 31.6. The summed E-state index contributed by atoms with van der Waals surface area (Å²) >= 11 is 0. The average molecular weight is 436 g/mol. The minimum absolute atomic E-state index is 0.216. The van der Waals surface area contributed by atoms with Crippen molar-refractivity contribution < 1.29 is 14.0 Å². The molecular formula is C23H24N4O5. The number of rotatable bonds is 7. The highest BCUT2D eigenvalue weighted by atomic mass is 16.5. The van der Waals surface area contributed by atoms with Crippen molar-refractivity contribution in [1.29, 1.82) is 0 Å². The average Bonchev–Trinajstić information content (AvgIpc) is 3.24. The SMILES string of the molecule is COc1ccc(Cc2nc(-c3ccc4c(c3)[nH]c(=O)c(=O)n4CC(C)C)no2)cc1OC. The number of methoxy groups -OCH3 is 2. The van der Waals surface area contributed by atoms with E-state index in [0.717, 1.165) is 5.56 Å². The van der Waals surface area contributed by atoms with E-state index >= 15 is 0 Å². The van der Waals surface area contributed by atoms with Crippen LogP contribution in [-0.2, 0) is 13.0 Å². The van der Waals surface area contributed by atoms with Crippen LogP contribution in [0.3, 0.4) is 0 Å². The van der Waals surface area contributed by atoms with Gasteiger partial charge in [0.05, 0.1) is 31.7 Å². The predicted octanol–water partition coefficient (Wildman–Crippen LogP) is 3.00. The maximum atomic E-state index is 12.3. The van der Waals surface area contributed by atoms with Gasteiger partial charge in [0.25, 0.3) is 0 Å². The molecule has 0 unspecified atom stereocenters. The van der Waals surface area contributed by atoms with Crippen LogP contribution in [0, 0.1) is 5.92 Å². The molecule has 0 fully saturated rings. The number of fused-ring (bicyclic) bond motifs is 1. The van der Waals surface area contributed by atoms with Crippen molar-refractivity contribution in [2.24, 2.45) is 5.92 Å². The lowest BCUT2D eigenvalue weighted by Crippen LogP contribution is -2.37. The first kappa shape index (κ1) is 21.4. The third kappa shape index (κ3) is 4.14. The van der Waals surface area contributed by atoms with Crippen molar-refractivity contribution in [2.45, 2.75) is 26.8 Å². The first-order valence-corrected chi connectivity index (χ1v) is 10.2. The second kappa shape index (κ2) is 8.70. The Morgan fingerprint density at radius 3 is 2.56 bits per heavy atom. The molecule has 0 saturated carbocycles. The number of aromatic amines is 1. The van der Waals surface area contributed by atoms with Crippen LogP contribution in [0.4, 0.5) is 0 Å². The fourth-order valence-corrected chi connectivity index (χ4v) is 3.57. The summed E-state index contributed by atoms with van der Waals surface area (Å²) in [5.74, 6) is 2.31. The third-order valence-corrected chi connectivity index (χ3v) is 5.05. The monoisotopic (exact) mass is 436 g/mol. The van der Waals surface area contributed by atoms with Gasteiger partial charge in [-0.1, -0.05) is 25.1 Å². The molecule has 0 atom stereocenters. The van der Waals surface area contributed by atoms with E-state index < -0.39 is 11.1 Å². The largest absolute Gasteiger partial charge is 0.493 e. The van der Waals surface area contributed by atoms with Crippen LogP contribution in [0.15, 0.2) is 50.5 Å². The molecular weight excluding hydrogens is 412 g/mol. The summed E-state index contributed by atoms with van der Waals surface area (Å²) in [6.45, 7) is 4.44. The van der Waals surface area contributed by atoms with Crippen LogP contribution in [0.25, 0.3) is 22.4 Å². The van der Waals surface area contributed by atoms with Crippen LogP contribution < -0.4 is 20.6 Å². The predicted molar refractivity (Wildman–Crippen MR) is 119 cm³/mol. The van der Waals surface area contributed by atoms with Crippen LogP contribution in [0.2, 0.25) is 0 Å². The first-order chi connectivity index (χ1) is 15.4. The Morgan fingerprint density at radius 1 is 1.06 bits per heavy atom. The Morgan fingerprint density at radius 2 is 1.84 bits per heavy atom. The molecule has 0 bridgehead atoms. The zero-order valence-electron chi connectivity index (χ0n) is 18.3. The molecule has 9 nitrogen and oxygen atoms in total. The molecule has 0 radical (unpaired) electrons. The molecule has 32 heavy (non-hydrogen) atoms. The van der Waals surface area contributed by atoms with Crippen LogP contribution >= 0.6 is 0 Å². The summed E-state index contributed by atoms with van der Waals surface area (Å²) in [5.41, 5.74) is 1.58. The van der Waals surface area contributed by atoms with Crippen molar-refractivity contribution in [3.8, 4) is 22.9 Å². The second-order valence-electron chi connectivity index (χ2n) is 7.87. The molecule has 2 heterocycles. The van der Waals surface area contributed by atoms with Gasteiger partial charge in [0, 0.05) is 12.1 Å². The lowest BCUT2D eigenvalue weighted by molar-refractivity contribution is 0.354. The van der Waals surface area contributed by atoms with E-state index in [9.17, 15) is 9.59 Å². The van der Waals surface area contributed by atoms with Gasteiger partial charge >= 0.3 is 11.1 Å². The molecule has 4 rings (SSSR count). The Bertz CT molecular complexity index is 1380. The van der Waals surface area contributed by atoms with E-state index in [2.05, 4.69) is 15.1 Å². The molecule has 2 aromatic heterocycles. The zero-order valence-corrected chi connectivity index (χ0v) is 18.3. The number of H-pyrrole nitrogens is 1. The van der Waals surface area contributed by atoms with E-state index in [1.54, 1.807) is 26.4 Å². The minimum atomic E-state index is -0.655. The normalized spacial score (nSPS) is 11.3. The fourth-order valence-electron chi connectivity index (χ4n) is 3.57. The number of nitrogens with zero attached hydrogens (tertiary/aromatic N) is 3. The maximum absolute atomic E-state index is 12.3. The van der Waals surface area contributed by atoms with E-state index in [1.807, 2.05) is 38.1 Å². The van der Waals surface area contributed by atoms with Crippen molar-refractivity contribution in [3.05, 3.63) is 68.6 Å². The van der Waals surface area contributed by atoms with Gasteiger partial charge in [-0.05, 0) is 41.8 Å². The molecule has 0 aliphatic heterocycles. The van der Waals surface area contributed by atoms with Gasteiger partial charge < -0.3 is 23.5 Å². The summed E-state index contributed by atoms with van der Waals surface area (Å²) in [6, 6.07) is 10.9. The standard InChI is InChI=1S/C23H24N4O5/c1-13(2)12-27-17-7-6-15(11-16(17)24-22(28)23(27)29)21-25-20(32-26-21)10-14-5-8-18(30-3)19(9-14)31-4/h5-9,11,13H,10,12H2,1-4H3,(H,24,28). The van der Waals surface area contributed by atoms with Crippen LogP contribution in [0.5, 0.6) is 11.5 Å². The minimum Gasteiger partial charge on any atom is -0.493 e. The number of benzene rings is 2. The van der Waals surface area contributed by atoms with Crippen molar-refractivity contribution >= 4 is 11.0 Å². The molecule has 166 valence electrons. The third-order valence-electron chi connectivity index (χ3n) is 5.05. The van der Waals surface area contributed by atoms with E-state index in [0.29, 0.717) is 52.8 Å². The molecule has 4 aromatic rings. The van der Waals surface area contributed by atoms with Gasteiger partial charge in [-0.2, -0.15) is 4.98 Å². The van der Waals surface area contributed by atoms with Crippen LogP contribution in [0.1, 0.15) is 25.3 Å². The van der Waals surface area contributed by atoms with E-state index in [1.165, 1.54) is 4.57 Å². The Balaban J connectivity index is 1.65. The second-order valence-corrected chi connectivity index (χ2v) is 7.87. The molecule has 0 aliphatic carbocycles. The number of hydrogen-bond donors (Lipinski definition) is 1. The smallest absolute Gasteiger partial charge is 0.316 e. The van der Waals surface area contributed by atoms with Crippen LogP contribution in [-0.4, -0.2) is 33.9 Å². The topological polar surface area (TPSA) is 112 Å². The number of hydrogen-bond acceptors (Lipinski definition) is 7. The van der Waals surface area contributed by atoms with E-state index in [4.69, 9.17) is 14.0 Å². The summed E-state index contributed by atoms with van der Waals surface area (Å²) < 4.78 is 17.5. The molecule has 0 saturated heterocycles. The first-order valence-electron chi connectivity index (χ1n) is 10.2. The van der Waals surface area contributed by atoms with Gasteiger partial charge in [0.15, 0.2) is 11.5 Å². The van der Waals surface area contributed by atoms with Gasteiger partial charge in [0.1, 0.15) is 0 Å². The molecule has 1 N–H and O–H groups in total. The Kier molecular flexibility index (Phi) is 5.81. The lowest BCUT2D eigenvalue weighted by atomic mass is 10.1. The lowest BCUT2D eigenvalue weighted by Gasteiger charge is -2.12. The summed E-state index contributed by atoms with van der Waals surface area (Å²) in [6.07, 6.45) is 0.422. The molecule has 9 heteroatoms. The number of ether oxygens (including phenoxy) is 2. The van der Waals surface area contributed by atoms with E-state index in [-0.39, 0.29) is 5.92 Å². The van der Waals surface area contributed by atoms with Crippen molar-refractivity contribution in [1.82, 2.24) is 19.7 Å². The van der Waals surface area contributed by atoms with Gasteiger partial charge in [-0.3, -0.25) is 9.59 Å². The highest BCUT2D eigenvalue weighted by Crippen LogP contribution is 2.28. The quantitative estimate of drug-likeness (QED) is 0.443. The zero-order chi connectivity index (χ0) is 22.8. The summed E-state index contributed by atoms with van der Waals surface area (Å²) in [7, 11) is 3.16. The molecule has 0 spiro atoms. The Hall–Kier alpha value is -3.88. The highest BCUT2D eigenvalue weighted by molar-refractivity contribution is 5.80. The highest BCUT2D eigenvalue weighted by Gasteiger charge is 2.14. The number of nitrogens with one attached hydrogen (secondary N) is 1. The Labute approximate surface area is 183 Å². The van der Waals surface area contributed by atoms with Gasteiger partial charge in [0.2, 0.25) is 11.7 Å². The molecule has 0 aliphatic rings.